The fraction of sp³-hybridized carbons (Fsp3) is 0.417. The van der Waals surface area contributed by atoms with Crippen LogP contribution in [0.4, 0.5) is 0 Å². The number of rotatable bonds is 5. The molecule has 2 heterocycles. The van der Waals surface area contributed by atoms with Crippen molar-refractivity contribution in [3.63, 3.8) is 0 Å². The second kappa shape index (κ2) is 6.71. The van der Waals surface area contributed by atoms with Crippen LogP contribution < -0.4 is 5.32 Å². The average Bonchev–Trinajstić information content (AvgIpc) is 2.52. The third kappa shape index (κ3) is 2.98. The SMILES string of the molecule is CC1=C(C(=O)O)N2C(=O)[C@@H](NC(=O)/C(=N\O)C(=O)CBr)[C@H]2SC1. The van der Waals surface area contributed by atoms with E-state index in [1.54, 1.807) is 6.92 Å². The Morgan fingerprint density at radius 3 is 2.65 bits per heavy atom. The number of halogens is 1. The molecule has 1 saturated heterocycles. The molecule has 3 N–H and O–H groups in total. The maximum Gasteiger partial charge on any atom is 0.352 e. The highest BCUT2D eigenvalue weighted by Crippen LogP contribution is 2.40. The van der Waals surface area contributed by atoms with Gasteiger partial charge in [0.25, 0.3) is 11.8 Å². The fourth-order valence-corrected chi connectivity index (χ4v) is 3.83. The van der Waals surface area contributed by atoms with Crippen molar-refractivity contribution in [2.75, 3.05) is 11.1 Å². The largest absolute Gasteiger partial charge is 0.477 e. The van der Waals surface area contributed by atoms with Crippen molar-refractivity contribution in [2.45, 2.75) is 18.3 Å². The summed E-state index contributed by atoms with van der Waals surface area (Å²) in [5, 5.41) is 22.1. The van der Waals surface area contributed by atoms with Gasteiger partial charge in [0.1, 0.15) is 17.1 Å². The average molecular weight is 406 g/mol. The monoisotopic (exact) mass is 405 g/mol. The number of ketones is 1. The second-order valence-electron chi connectivity index (χ2n) is 4.80. The van der Waals surface area contributed by atoms with E-state index in [1.807, 2.05) is 0 Å². The van der Waals surface area contributed by atoms with Crippen LogP contribution in [-0.2, 0) is 19.2 Å². The van der Waals surface area contributed by atoms with Crippen molar-refractivity contribution in [1.29, 1.82) is 0 Å². The smallest absolute Gasteiger partial charge is 0.352 e. The van der Waals surface area contributed by atoms with Crippen molar-refractivity contribution in [2.24, 2.45) is 5.16 Å². The van der Waals surface area contributed by atoms with E-state index in [1.165, 1.54) is 11.8 Å². The lowest BCUT2D eigenvalue weighted by Crippen LogP contribution is -2.71. The maximum atomic E-state index is 12.1. The van der Waals surface area contributed by atoms with Gasteiger partial charge in [-0.15, -0.1) is 11.8 Å². The molecular weight excluding hydrogens is 394 g/mol. The molecule has 2 amide bonds. The van der Waals surface area contributed by atoms with Gasteiger partial charge in [-0.25, -0.2) is 4.79 Å². The molecule has 11 heteroatoms. The van der Waals surface area contributed by atoms with Gasteiger partial charge in [0.2, 0.25) is 11.5 Å². The molecule has 0 radical (unpaired) electrons. The Balaban J connectivity index is 2.14. The molecular formula is C12H12BrN3O6S. The van der Waals surface area contributed by atoms with Gasteiger partial charge < -0.3 is 15.6 Å². The van der Waals surface area contributed by atoms with Crippen LogP contribution in [0.15, 0.2) is 16.4 Å². The van der Waals surface area contributed by atoms with Gasteiger partial charge in [-0.3, -0.25) is 19.3 Å². The summed E-state index contributed by atoms with van der Waals surface area (Å²) in [6, 6.07) is -0.977. The molecule has 0 aromatic rings. The van der Waals surface area contributed by atoms with Crippen molar-refractivity contribution in [1.82, 2.24) is 10.2 Å². The Morgan fingerprint density at radius 2 is 2.13 bits per heavy atom. The van der Waals surface area contributed by atoms with Crippen LogP contribution in [0.3, 0.4) is 0 Å². The number of β-lactam (4-membered cyclic amide) rings is 1. The van der Waals surface area contributed by atoms with Crippen LogP contribution in [0.2, 0.25) is 0 Å². The van der Waals surface area contributed by atoms with Crippen molar-refractivity contribution < 1.29 is 29.5 Å². The van der Waals surface area contributed by atoms with E-state index in [0.717, 1.165) is 4.90 Å². The number of hydrogen-bond acceptors (Lipinski definition) is 7. The zero-order valence-corrected chi connectivity index (χ0v) is 14.2. The predicted molar refractivity (Wildman–Crippen MR) is 83.4 cm³/mol. The zero-order chi connectivity index (χ0) is 17.3. The molecule has 23 heavy (non-hydrogen) atoms. The molecule has 2 aliphatic rings. The first-order valence-electron chi connectivity index (χ1n) is 6.33. The summed E-state index contributed by atoms with van der Waals surface area (Å²) in [6.07, 6.45) is 0. The van der Waals surface area contributed by atoms with Gasteiger partial charge in [-0.2, -0.15) is 0 Å². The van der Waals surface area contributed by atoms with Crippen molar-refractivity contribution >= 4 is 57.0 Å². The Bertz CT molecular complexity index is 661. The van der Waals surface area contributed by atoms with Crippen LogP contribution in [0.1, 0.15) is 6.92 Å². The number of carboxylic acid groups (broad SMARTS) is 1. The number of nitrogens with one attached hydrogen (secondary N) is 1. The summed E-state index contributed by atoms with van der Waals surface area (Å²) < 4.78 is 0. The summed E-state index contributed by atoms with van der Waals surface area (Å²) in [4.78, 5) is 47.9. The van der Waals surface area contributed by atoms with E-state index < -0.39 is 40.7 Å². The Kier molecular flexibility index (Phi) is 5.09. The number of carbonyl (C=O) groups is 4. The second-order valence-corrected chi connectivity index (χ2v) is 6.47. The van der Waals surface area contributed by atoms with Gasteiger partial charge in [0.05, 0.1) is 5.33 Å². The van der Waals surface area contributed by atoms with Crippen LogP contribution >= 0.6 is 27.7 Å². The lowest BCUT2D eigenvalue weighted by atomic mass is 10.0. The van der Waals surface area contributed by atoms with Crippen LogP contribution in [0.25, 0.3) is 0 Å². The summed E-state index contributed by atoms with van der Waals surface area (Å²) in [6.45, 7) is 1.62. The maximum absolute atomic E-state index is 12.1. The lowest BCUT2D eigenvalue weighted by molar-refractivity contribution is -0.150. The molecule has 0 aliphatic carbocycles. The third-order valence-electron chi connectivity index (χ3n) is 3.35. The van der Waals surface area contributed by atoms with Gasteiger partial charge in [-0.05, 0) is 12.5 Å². The quantitative estimate of drug-likeness (QED) is 0.140. The molecule has 0 bridgehead atoms. The Labute approximate surface area is 142 Å². The standard InChI is InChI=1S/C12H12BrN3O6S/c1-4-3-23-11-7(10(19)16(11)8(4)12(20)21)14-9(18)6(15-22)5(17)2-13/h7,11,22H,2-3H2,1H3,(H,14,18)(H,20,21)/b15-6-/t7-,11-/m1/s1. The van der Waals surface area contributed by atoms with Gasteiger partial charge in [-0.1, -0.05) is 21.1 Å². The predicted octanol–water partition coefficient (Wildman–Crippen LogP) is -0.461. The van der Waals surface area contributed by atoms with Crippen molar-refractivity contribution in [3.05, 3.63) is 11.3 Å². The molecule has 2 rings (SSSR count). The first-order chi connectivity index (χ1) is 10.8. The number of fused-ring (bicyclic) bond motifs is 1. The van der Waals surface area contributed by atoms with Gasteiger partial charge in [0, 0.05) is 5.75 Å². The van der Waals surface area contributed by atoms with Gasteiger partial charge >= 0.3 is 5.97 Å². The van der Waals surface area contributed by atoms with E-state index in [4.69, 9.17) is 5.21 Å². The number of amides is 2. The molecule has 2 aliphatic heterocycles. The summed E-state index contributed by atoms with van der Waals surface area (Å²) in [7, 11) is 0. The molecule has 124 valence electrons. The topological polar surface area (TPSA) is 136 Å². The highest BCUT2D eigenvalue weighted by atomic mass is 79.9. The van der Waals surface area contributed by atoms with E-state index >= 15 is 0 Å². The van der Waals surface area contributed by atoms with E-state index in [0.29, 0.717) is 11.3 Å². The highest BCUT2D eigenvalue weighted by Gasteiger charge is 2.54. The number of alkyl halides is 1. The number of carboxylic acids is 1. The summed E-state index contributed by atoms with van der Waals surface area (Å²) in [5.74, 6) is -3.12. The molecule has 1 fully saturated rings. The minimum Gasteiger partial charge on any atom is -0.477 e. The Hall–Kier alpha value is -1.88. The molecule has 9 nitrogen and oxygen atoms in total. The molecule has 0 aromatic heterocycles. The number of nitrogens with zero attached hydrogens (tertiary/aromatic N) is 2. The number of aliphatic carboxylic acids is 1. The van der Waals surface area contributed by atoms with Crippen LogP contribution in [-0.4, -0.2) is 67.0 Å². The minimum atomic E-state index is -1.21. The number of hydrogen-bond donors (Lipinski definition) is 3. The summed E-state index contributed by atoms with van der Waals surface area (Å²) in [5.41, 5.74) is -0.250. The molecule has 0 aromatic carbocycles. The summed E-state index contributed by atoms with van der Waals surface area (Å²) >= 11 is 4.15. The molecule has 0 spiro atoms. The number of oxime groups is 1. The molecule has 0 unspecified atom stereocenters. The molecule has 2 atom stereocenters. The molecule has 0 saturated carbocycles. The Morgan fingerprint density at radius 1 is 1.48 bits per heavy atom. The minimum absolute atomic E-state index is 0.0863. The van der Waals surface area contributed by atoms with Crippen molar-refractivity contribution in [3.8, 4) is 0 Å². The normalized spacial score (nSPS) is 24.0. The van der Waals surface area contributed by atoms with E-state index in [9.17, 15) is 24.3 Å². The first kappa shape index (κ1) is 17.5. The third-order valence-corrected chi connectivity index (χ3v) is 5.28. The van der Waals surface area contributed by atoms with E-state index in [-0.39, 0.29) is 11.0 Å². The fourth-order valence-electron chi connectivity index (χ4n) is 2.28. The number of thioether (sulfide) groups is 1. The van der Waals surface area contributed by atoms with Crippen LogP contribution in [0, 0.1) is 0 Å². The lowest BCUT2D eigenvalue weighted by Gasteiger charge is -2.49. The van der Waals surface area contributed by atoms with Gasteiger partial charge in [0.15, 0.2) is 0 Å². The zero-order valence-electron chi connectivity index (χ0n) is 11.8. The first-order valence-corrected chi connectivity index (χ1v) is 8.50. The number of carbonyl (C=O) groups excluding carboxylic acids is 3. The van der Waals surface area contributed by atoms with E-state index in [2.05, 4.69) is 26.4 Å². The van der Waals surface area contributed by atoms with Crippen LogP contribution in [0.5, 0.6) is 0 Å². The number of Topliss-reactive ketones (excluding diaryl/α,β-unsaturated/α-hetero) is 1. The highest BCUT2D eigenvalue weighted by molar-refractivity contribution is 9.09.